The van der Waals surface area contributed by atoms with Crippen molar-refractivity contribution in [2.75, 3.05) is 0 Å². The molecule has 0 aliphatic heterocycles. The van der Waals surface area contributed by atoms with Gasteiger partial charge >= 0.3 is 0 Å². The Labute approximate surface area is 155 Å². The molecule has 2 aliphatic rings. The van der Waals surface area contributed by atoms with Crippen molar-refractivity contribution in [2.45, 2.75) is 64.2 Å². The first-order valence-corrected chi connectivity index (χ1v) is 10.4. The van der Waals surface area contributed by atoms with Crippen LogP contribution in [0.2, 0.25) is 5.02 Å². The van der Waals surface area contributed by atoms with Crippen LogP contribution >= 0.6 is 11.6 Å². The molecule has 0 saturated heterocycles. The average Bonchev–Trinajstić information content (AvgIpc) is 2.64. The fraction of sp³-hybridized carbons (Fsp3) is 0.565. The van der Waals surface area contributed by atoms with E-state index in [1.807, 2.05) is 12.1 Å². The second-order valence-corrected chi connectivity index (χ2v) is 8.75. The summed E-state index contributed by atoms with van der Waals surface area (Å²) in [6.07, 6.45) is 11.1. The van der Waals surface area contributed by atoms with Crippen molar-refractivity contribution in [1.82, 2.24) is 0 Å². The Balaban J connectivity index is 1.50. The maximum absolute atomic E-state index is 14.2. The summed E-state index contributed by atoms with van der Waals surface area (Å²) in [6.45, 7) is 2.32. The van der Waals surface area contributed by atoms with Crippen molar-refractivity contribution in [3.8, 4) is 0 Å². The molecule has 0 nitrogen and oxygen atoms in total. The standard InChI is InChI=1S/C23H28ClF/c1-2-3-15-4-5-17-13-18(7-6-16(17)12-15)19-8-10-21-20(14-19)9-11-22(24)23(21)25/h8-11,14-18H,2-7,12-13H2,1H3/t15-,16?,17-,18?/m1/s1. The zero-order valence-electron chi connectivity index (χ0n) is 15.1. The predicted molar refractivity (Wildman–Crippen MR) is 105 cm³/mol. The molecule has 25 heavy (non-hydrogen) atoms. The summed E-state index contributed by atoms with van der Waals surface area (Å²) in [6, 6.07) is 9.88. The molecular weight excluding hydrogens is 331 g/mol. The number of rotatable bonds is 3. The first-order chi connectivity index (χ1) is 12.2. The average molecular weight is 359 g/mol. The van der Waals surface area contributed by atoms with Crippen molar-refractivity contribution in [2.24, 2.45) is 17.8 Å². The molecule has 0 bridgehead atoms. The van der Waals surface area contributed by atoms with E-state index in [1.165, 1.54) is 56.9 Å². The molecule has 2 aromatic carbocycles. The molecule has 0 amide bonds. The Morgan fingerprint density at radius 1 is 1.00 bits per heavy atom. The van der Waals surface area contributed by atoms with Gasteiger partial charge in [0, 0.05) is 5.39 Å². The molecule has 2 aromatic rings. The van der Waals surface area contributed by atoms with Crippen LogP contribution in [0.3, 0.4) is 0 Å². The normalized spacial score (nSPS) is 29.6. The maximum atomic E-state index is 14.2. The quantitative estimate of drug-likeness (QED) is 0.526. The lowest BCUT2D eigenvalue weighted by Gasteiger charge is -2.42. The van der Waals surface area contributed by atoms with Crippen LogP contribution < -0.4 is 0 Å². The van der Waals surface area contributed by atoms with E-state index in [2.05, 4.69) is 19.1 Å². The third-order valence-corrected chi connectivity index (χ3v) is 7.11. The van der Waals surface area contributed by atoms with Crippen molar-refractivity contribution in [3.05, 3.63) is 46.7 Å². The van der Waals surface area contributed by atoms with E-state index >= 15 is 0 Å². The van der Waals surface area contributed by atoms with Gasteiger partial charge in [-0.1, -0.05) is 62.1 Å². The van der Waals surface area contributed by atoms with Crippen molar-refractivity contribution in [1.29, 1.82) is 0 Å². The Hall–Kier alpha value is -1.08. The second-order valence-electron chi connectivity index (χ2n) is 8.34. The number of benzene rings is 2. The smallest absolute Gasteiger partial charge is 0.149 e. The van der Waals surface area contributed by atoms with Crippen LogP contribution in [-0.2, 0) is 0 Å². The number of halogens is 2. The fourth-order valence-corrected chi connectivity index (χ4v) is 5.66. The van der Waals surface area contributed by atoms with Gasteiger partial charge in [0.15, 0.2) is 0 Å². The molecule has 0 aromatic heterocycles. The largest absolute Gasteiger partial charge is 0.205 e. The van der Waals surface area contributed by atoms with E-state index in [-0.39, 0.29) is 10.8 Å². The molecule has 2 saturated carbocycles. The first kappa shape index (κ1) is 17.3. The van der Waals surface area contributed by atoms with Gasteiger partial charge in [-0.25, -0.2) is 4.39 Å². The lowest BCUT2D eigenvalue weighted by molar-refractivity contribution is 0.114. The Morgan fingerprint density at radius 3 is 2.64 bits per heavy atom. The molecular formula is C23H28ClF. The van der Waals surface area contributed by atoms with Gasteiger partial charge in [-0.15, -0.1) is 0 Å². The van der Waals surface area contributed by atoms with Gasteiger partial charge in [0.05, 0.1) is 5.02 Å². The third-order valence-electron chi connectivity index (χ3n) is 6.82. The number of fused-ring (bicyclic) bond motifs is 2. The summed E-state index contributed by atoms with van der Waals surface area (Å²) >= 11 is 5.91. The molecule has 2 heteroatoms. The van der Waals surface area contributed by atoms with E-state index in [0.29, 0.717) is 11.3 Å². The molecule has 0 radical (unpaired) electrons. The lowest BCUT2D eigenvalue weighted by Crippen LogP contribution is -2.30. The summed E-state index contributed by atoms with van der Waals surface area (Å²) in [7, 11) is 0. The SMILES string of the molecule is CCC[C@@H]1CC[C@@H]2CC(c3ccc4c(F)c(Cl)ccc4c3)CCC2C1. The van der Waals surface area contributed by atoms with Gasteiger partial charge in [0.25, 0.3) is 0 Å². The van der Waals surface area contributed by atoms with Crippen LogP contribution in [0.25, 0.3) is 10.8 Å². The first-order valence-electron chi connectivity index (χ1n) is 10.0. The van der Waals surface area contributed by atoms with Crippen LogP contribution in [0.5, 0.6) is 0 Å². The Kier molecular flexibility index (Phi) is 5.04. The molecule has 4 rings (SSSR count). The highest BCUT2D eigenvalue weighted by Gasteiger charge is 2.35. The van der Waals surface area contributed by atoms with Crippen molar-refractivity contribution < 1.29 is 4.39 Å². The molecule has 0 spiro atoms. The molecule has 4 atom stereocenters. The van der Waals surface area contributed by atoms with Crippen molar-refractivity contribution in [3.63, 3.8) is 0 Å². The highest BCUT2D eigenvalue weighted by atomic mass is 35.5. The van der Waals surface area contributed by atoms with Gasteiger partial charge in [-0.05, 0) is 72.8 Å². The van der Waals surface area contributed by atoms with Gasteiger partial charge in [0.1, 0.15) is 5.82 Å². The topological polar surface area (TPSA) is 0 Å². The van der Waals surface area contributed by atoms with E-state index in [4.69, 9.17) is 11.6 Å². The number of hydrogen-bond donors (Lipinski definition) is 0. The Bertz CT molecular complexity index is 753. The van der Waals surface area contributed by atoms with Gasteiger partial charge in [-0.3, -0.25) is 0 Å². The minimum absolute atomic E-state index is 0.213. The van der Waals surface area contributed by atoms with Crippen LogP contribution in [0, 0.1) is 23.6 Å². The minimum Gasteiger partial charge on any atom is -0.205 e. The molecule has 2 aliphatic carbocycles. The molecule has 0 N–H and O–H groups in total. The molecule has 2 unspecified atom stereocenters. The highest BCUT2D eigenvalue weighted by Crippen LogP contribution is 2.48. The Morgan fingerprint density at radius 2 is 1.80 bits per heavy atom. The van der Waals surface area contributed by atoms with E-state index in [1.54, 1.807) is 6.07 Å². The van der Waals surface area contributed by atoms with Gasteiger partial charge in [0.2, 0.25) is 0 Å². The van der Waals surface area contributed by atoms with Crippen LogP contribution in [0.1, 0.15) is 69.8 Å². The fourth-order valence-electron chi connectivity index (χ4n) is 5.50. The monoisotopic (exact) mass is 358 g/mol. The number of hydrogen-bond acceptors (Lipinski definition) is 0. The van der Waals surface area contributed by atoms with Crippen molar-refractivity contribution >= 4 is 22.4 Å². The second kappa shape index (κ2) is 7.27. The van der Waals surface area contributed by atoms with Gasteiger partial charge < -0.3 is 0 Å². The molecule has 2 fully saturated rings. The lowest BCUT2D eigenvalue weighted by atomic mass is 9.63. The van der Waals surface area contributed by atoms with E-state index < -0.39 is 0 Å². The van der Waals surface area contributed by atoms with Crippen LogP contribution in [0.4, 0.5) is 4.39 Å². The summed E-state index contributed by atoms with van der Waals surface area (Å²) in [5.74, 6) is 3.20. The minimum atomic E-state index is -0.288. The van der Waals surface area contributed by atoms with E-state index in [0.717, 1.165) is 23.1 Å². The molecule has 0 heterocycles. The summed E-state index contributed by atoms with van der Waals surface area (Å²) in [5, 5.41) is 1.84. The maximum Gasteiger partial charge on any atom is 0.149 e. The summed E-state index contributed by atoms with van der Waals surface area (Å²) in [4.78, 5) is 0. The highest BCUT2D eigenvalue weighted by molar-refractivity contribution is 6.31. The summed E-state index contributed by atoms with van der Waals surface area (Å²) < 4.78 is 14.2. The van der Waals surface area contributed by atoms with Gasteiger partial charge in [-0.2, -0.15) is 0 Å². The predicted octanol–water partition coefficient (Wildman–Crippen LogP) is 7.73. The third kappa shape index (κ3) is 3.45. The molecule has 134 valence electrons. The zero-order valence-corrected chi connectivity index (χ0v) is 15.9. The van der Waals surface area contributed by atoms with Crippen LogP contribution in [-0.4, -0.2) is 0 Å². The summed E-state index contributed by atoms with van der Waals surface area (Å²) in [5.41, 5.74) is 1.39. The zero-order chi connectivity index (χ0) is 17.4. The van der Waals surface area contributed by atoms with E-state index in [9.17, 15) is 4.39 Å². The van der Waals surface area contributed by atoms with Crippen LogP contribution in [0.15, 0.2) is 30.3 Å².